The van der Waals surface area contributed by atoms with Crippen molar-refractivity contribution in [3.8, 4) is 0 Å². The van der Waals surface area contributed by atoms with Gasteiger partial charge in [-0.15, -0.1) is 0 Å². The van der Waals surface area contributed by atoms with Gasteiger partial charge in [-0.2, -0.15) is 0 Å². The predicted octanol–water partition coefficient (Wildman–Crippen LogP) is 1.99. The molecule has 1 amide bonds. The van der Waals surface area contributed by atoms with E-state index < -0.39 is 6.10 Å². The molecule has 6 nitrogen and oxygen atoms in total. The predicted molar refractivity (Wildman–Crippen MR) is 94.2 cm³/mol. The summed E-state index contributed by atoms with van der Waals surface area (Å²) in [5, 5.41) is 10.3. The second-order valence-corrected chi connectivity index (χ2v) is 7.19. The zero-order chi connectivity index (χ0) is 17.2. The lowest BCUT2D eigenvalue weighted by Gasteiger charge is -2.32. The molecule has 1 atom stereocenters. The topological polar surface area (TPSA) is 69.8 Å². The SMILES string of the molecule is O=C1CCCN1CC(O)CN1CCC(c2nc3ccccc3o2)CC1. The lowest BCUT2D eigenvalue weighted by molar-refractivity contribution is -0.129. The molecule has 4 rings (SSSR count). The summed E-state index contributed by atoms with van der Waals surface area (Å²) in [4.78, 5) is 20.3. The first kappa shape index (κ1) is 16.5. The van der Waals surface area contributed by atoms with Crippen LogP contribution in [-0.2, 0) is 4.79 Å². The molecule has 0 radical (unpaired) electrons. The van der Waals surface area contributed by atoms with Crippen molar-refractivity contribution in [2.24, 2.45) is 0 Å². The van der Waals surface area contributed by atoms with E-state index in [0.717, 1.165) is 55.9 Å². The van der Waals surface area contributed by atoms with Gasteiger partial charge in [0.25, 0.3) is 0 Å². The number of piperidine rings is 1. The summed E-state index contributed by atoms with van der Waals surface area (Å²) in [6.45, 7) is 3.73. The third-order valence-corrected chi connectivity index (χ3v) is 5.32. The maximum atomic E-state index is 11.7. The number of fused-ring (bicyclic) bond motifs is 1. The molecule has 1 N–H and O–H groups in total. The highest BCUT2D eigenvalue weighted by atomic mass is 16.3. The minimum absolute atomic E-state index is 0.175. The molecule has 2 aliphatic heterocycles. The van der Waals surface area contributed by atoms with E-state index in [2.05, 4.69) is 9.88 Å². The molecule has 1 aromatic carbocycles. The van der Waals surface area contributed by atoms with Crippen LogP contribution in [0.15, 0.2) is 28.7 Å². The molecule has 2 fully saturated rings. The Hall–Kier alpha value is -1.92. The van der Waals surface area contributed by atoms with Crippen LogP contribution in [-0.4, -0.2) is 64.6 Å². The van der Waals surface area contributed by atoms with Gasteiger partial charge in [0.15, 0.2) is 11.5 Å². The first-order chi connectivity index (χ1) is 12.2. The lowest BCUT2D eigenvalue weighted by atomic mass is 9.96. The van der Waals surface area contributed by atoms with Crippen molar-refractivity contribution in [1.29, 1.82) is 0 Å². The highest BCUT2D eigenvalue weighted by Gasteiger charge is 2.27. The molecule has 2 aromatic rings. The number of hydrogen-bond donors (Lipinski definition) is 1. The largest absolute Gasteiger partial charge is 0.440 e. The van der Waals surface area contributed by atoms with Gasteiger partial charge < -0.3 is 19.3 Å². The number of oxazole rings is 1. The number of carbonyl (C=O) groups is 1. The van der Waals surface area contributed by atoms with Gasteiger partial charge in [-0.3, -0.25) is 4.79 Å². The van der Waals surface area contributed by atoms with Gasteiger partial charge in [0.2, 0.25) is 5.91 Å². The van der Waals surface area contributed by atoms with E-state index in [9.17, 15) is 9.90 Å². The Kier molecular flexibility index (Phi) is 4.72. The molecular weight excluding hydrogens is 318 g/mol. The van der Waals surface area contributed by atoms with E-state index in [1.54, 1.807) is 4.90 Å². The van der Waals surface area contributed by atoms with Gasteiger partial charge in [-0.1, -0.05) is 12.1 Å². The maximum Gasteiger partial charge on any atom is 0.222 e. The number of aromatic nitrogens is 1. The van der Waals surface area contributed by atoms with Crippen molar-refractivity contribution in [3.05, 3.63) is 30.2 Å². The van der Waals surface area contributed by atoms with Crippen molar-refractivity contribution in [2.75, 3.05) is 32.7 Å². The van der Waals surface area contributed by atoms with Gasteiger partial charge in [-0.25, -0.2) is 4.98 Å². The fourth-order valence-corrected chi connectivity index (χ4v) is 3.93. The normalized spacial score (nSPS) is 21.3. The number of benzene rings is 1. The monoisotopic (exact) mass is 343 g/mol. The smallest absolute Gasteiger partial charge is 0.222 e. The van der Waals surface area contributed by atoms with E-state index in [1.807, 2.05) is 24.3 Å². The first-order valence-corrected chi connectivity index (χ1v) is 9.23. The Balaban J connectivity index is 1.28. The number of β-amino-alcohol motifs (C(OH)–C–C–N with tert-alkyl or cyclic N) is 1. The van der Waals surface area contributed by atoms with Crippen LogP contribution in [0.4, 0.5) is 0 Å². The first-order valence-electron chi connectivity index (χ1n) is 9.23. The third kappa shape index (κ3) is 3.70. The number of para-hydroxylation sites is 2. The summed E-state index contributed by atoms with van der Waals surface area (Å²) < 4.78 is 5.90. The molecule has 1 aromatic heterocycles. The molecule has 0 saturated carbocycles. The van der Waals surface area contributed by atoms with Crippen molar-refractivity contribution in [3.63, 3.8) is 0 Å². The van der Waals surface area contributed by atoms with Crippen molar-refractivity contribution >= 4 is 17.0 Å². The summed E-state index contributed by atoms with van der Waals surface area (Å²) in [6, 6.07) is 7.88. The molecule has 134 valence electrons. The number of aliphatic hydroxyl groups is 1. The number of rotatable bonds is 5. The van der Waals surface area contributed by atoms with Crippen LogP contribution in [0.2, 0.25) is 0 Å². The molecular formula is C19H25N3O3. The third-order valence-electron chi connectivity index (χ3n) is 5.32. The Morgan fingerprint density at radius 1 is 1.20 bits per heavy atom. The Bertz CT molecular complexity index is 703. The van der Waals surface area contributed by atoms with Gasteiger partial charge in [0.05, 0.1) is 6.10 Å². The number of aliphatic hydroxyl groups excluding tert-OH is 1. The van der Waals surface area contributed by atoms with Gasteiger partial charge in [-0.05, 0) is 44.5 Å². The summed E-state index contributed by atoms with van der Waals surface area (Å²) >= 11 is 0. The van der Waals surface area contributed by atoms with Gasteiger partial charge >= 0.3 is 0 Å². The molecule has 0 bridgehead atoms. The van der Waals surface area contributed by atoms with Crippen molar-refractivity contribution in [2.45, 2.75) is 37.7 Å². The number of nitrogens with zero attached hydrogens (tertiary/aromatic N) is 3. The van der Waals surface area contributed by atoms with Crippen LogP contribution >= 0.6 is 0 Å². The quantitative estimate of drug-likeness (QED) is 0.899. The van der Waals surface area contributed by atoms with Crippen molar-refractivity contribution in [1.82, 2.24) is 14.8 Å². The number of likely N-dealkylation sites (tertiary alicyclic amines) is 2. The van der Waals surface area contributed by atoms with Gasteiger partial charge in [0, 0.05) is 32.0 Å². The second-order valence-electron chi connectivity index (χ2n) is 7.19. The van der Waals surface area contributed by atoms with Crippen LogP contribution in [0.1, 0.15) is 37.5 Å². The zero-order valence-corrected chi connectivity index (χ0v) is 14.4. The van der Waals surface area contributed by atoms with Crippen LogP contribution in [0.3, 0.4) is 0 Å². The maximum absolute atomic E-state index is 11.7. The molecule has 1 unspecified atom stereocenters. The fraction of sp³-hybridized carbons (Fsp3) is 0.579. The van der Waals surface area contributed by atoms with Gasteiger partial charge in [0.1, 0.15) is 5.52 Å². The van der Waals surface area contributed by atoms with E-state index in [-0.39, 0.29) is 5.91 Å². The molecule has 25 heavy (non-hydrogen) atoms. The minimum atomic E-state index is -0.470. The standard InChI is InChI=1S/C19H25N3O3/c23-15(13-22-9-3-6-18(22)24)12-21-10-7-14(8-11-21)19-20-16-4-1-2-5-17(16)25-19/h1-2,4-5,14-15,23H,3,6-13H2. The highest BCUT2D eigenvalue weighted by molar-refractivity contribution is 5.78. The second kappa shape index (κ2) is 7.14. The average molecular weight is 343 g/mol. The van der Waals surface area contributed by atoms with E-state index in [4.69, 9.17) is 4.42 Å². The summed E-state index contributed by atoms with van der Waals surface area (Å²) in [5.74, 6) is 1.36. The average Bonchev–Trinajstić information content (AvgIpc) is 3.22. The number of hydrogen-bond acceptors (Lipinski definition) is 5. The Morgan fingerprint density at radius 3 is 2.72 bits per heavy atom. The van der Waals surface area contributed by atoms with E-state index in [0.29, 0.717) is 25.4 Å². The van der Waals surface area contributed by atoms with Crippen LogP contribution < -0.4 is 0 Å². The Labute approximate surface area is 147 Å². The fourth-order valence-electron chi connectivity index (χ4n) is 3.93. The minimum Gasteiger partial charge on any atom is -0.440 e. The molecule has 6 heteroatoms. The molecule has 0 spiro atoms. The molecule has 2 aliphatic rings. The lowest BCUT2D eigenvalue weighted by Crippen LogP contribution is -2.43. The van der Waals surface area contributed by atoms with Crippen LogP contribution in [0, 0.1) is 0 Å². The summed E-state index contributed by atoms with van der Waals surface area (Å²) in [6.07, 6.45) is 3.05. The number of carbonyl (C=O) groups excluding carboxylic acids is 1. The summed E-state index contributed by atoms with van der Waals surface area (Å²) in [7, 11) is 0. The summed E-state index contributed by atoms with van der Waals surface area (Å²) in [5.41, 5.74) is 1.77. The Morgan fingerprint density at radius 2 is 2.00 bits per heavy atom. The number of amides is 1. The highest BCUT2D eigenvalue weighted by Crippen LogP contribution is 2.29. The molecule has 0 aliphatic carbocycles. The molecule has 2 saturated heterocycles. The van der Waals surface area contributed by atoms with Crippen molar-refractivity contribution < 1.29 is 14.3 Å². The van der Waals surface area contributed by atoms with E-state index in [1.165, 1.54) is 0 Å². The zero-order valence-electron chi connectivity index (χ0n) is 14.4. The molecule has 3 heterocycles. The van der Waals surface area contributed by atoms with E-state index >= 15 is 0 Å². The van der Waals surface area contributed by atoms with Crippen LogP contribution in [0.5, 0.6) is 0 Å². The van der Waals surface area contributed by atoms with Crippen LogP contribution in [0.25, 0.3) is 11.1 Å².